The van der Waals surface area contributed by atoms with E-state index in [1.54, 1.807) is 0 Å². The van der Waals surface area contributed by atoms with Gasteiger partial charge in [-0.2, -0.15) is 0 Å². The second-order valence-corrected chi connectivity index (χ2v) is 24.3. The van der Waals surface area contributed by atoms with E-state index in [1.807, 2.05) is 30.3 Å². The molecule has 1 aliphatic heterocycles. The third-order valence-electron chi connectivity index (χ3n) is 8.37. The molecule has 1 amide bonds. The van der Waals surface area contributed by atoms with Gasteiger partial charge in [0.2, 0.25) is 0 Å². The van der Waals surface area contributed by atoms with E-state index in [-0.39, 0.29) is 15.5 Å². The van der Waals surface area contributed by atoms with Crippen molar-refractivity contribution in [1.29, 1.82) is 0 Å². The Labute approximate surface area is 223 Å². The van der Waals surface area contributed by atoms with E-state index in [2.05, 4.69) is 86.3 Å². The van der Waals surface area contributed by atoms with E-state index in [0.717, 1.165) is 5.56 Å². The predicted octanol–water partition coefficient (Wildman–Crippen LogP) is 9.17. The second kappa shape index (κ2) is 12.4. The summed E-state index contributed by atoms with van der Waals surface area (Å²) in [6.45, 7) is 7.00. The molecule has 2 atom stereocenters. The van der Waals surface area contributed by atoms with Crippen LogP contribution in [0.2, 0.25) is 13.3 Å². The topological polar surface area (TPSA) is 20.1 Å². The molecule has 1 saturated heterocycles. The molecule has 0 unspecified atom stereocenters. The van der Waals surface area contributed by atoms with Crippen molar-refractivity contribution in [3.63, 3.8) is 0 Å². The molecule has 1 heterocycles. The van der Waals surface area contributed by atoms with E-state index in [1.165, 1.54) is 63.0 Å². The third-order valence-corrected chi connectivity index (χ3v) is 26.5. The van der Waals surface area contributed by atoms with Gasteiger partial charge in [-0.1, -0.05) is 0 Å². The fraction of sp³-hybridized carbons (Fsp3) is 0.424. The number of carbonyl (C=O) groups is 1. The van der Waals surface area contributed by atoms with Crippen LogP contribution in [0.1, 0.15) is 86.8 Å². The first-order chi connectivity index (χ1) is 17.7. The molecule has 190 valence electrons. The summed E-state index contributed by atoms with van der Waals surface area (Å²) in [6, 6.07) is 32.2. The maximum atomic E-state index is 14.4. The van der Waals surface area contributed by atoms with Crippen molar-refractivity contribution >= 4 is 24.3 Å². The van der Waals surface area contributed by atoms with Crippen LogP contribution in [-0.2, 0) is 3.55 Å². The number of carbonyl (C=O) groups excluding carboxylic acids is 1. The Morgan fingerprint density at radius 2 is 1.14 bits per heavy atom. The molecule has 2 nitrogen and oxygen atoms in total. The molecule has 3 heteroatoms. The van der Waals surface area contributed by atoms with Crippen molar-refractivity contribution in [3.05, 3.63) is 108 Å². The Hall–Kier alpha value is -2.07. The van der Waals surface area contributed by atoms with Crippen molar-refractivity contribution in [2.24, 2.45) is 0 Å². The van der Waals surface area contributed by atoms with Crippen LogP contribution in [0.4, 0.5) is 0 Å². The standard InChI is InChI=1S/C21H16NO.3C4H9.Sn/c23-21(18-14-8-3-9-15-18)22-19(16-10-4-1-5-11-16)20(22)17-12-6-2-7-13-17;3*1-3-4-2;/h1-15,19H;3*1,3-4H2,2H3;/t19-,22?;;;;/m0..../s1. The molecule has 3 aromatic rings. The first-order valence-electron chi connectivity index (χ1n) is 14.2. The zero-order valence-electron chi connectivity index (χ0n) is 22.5. The van der Waals surface area contributed by atoms with Crippen LogP contribution in [0.25, 0.3) is 0 Å². The Kier molecular flexibility index (Phi) is 9.33. The molecule has 4 rings (SSSR count). The molecular weight excluding hydrogens is 545 g/mol. The summed E-state index contributed by atoms with van der Waals surface area (Å²) in [5, 5.41) is 0. The summed E-state index contributed by atoms with van der Waals surface area (Å²) in [5.41, 5.74) is 3.51. The number of hydrogen-bond acceptors (Lipinski definition) is 1. The zero-order valence-corrected chi connectivity index (χ0v) is 25.3. The van der Waals surface area contributed by atoms with Crippen LogP contribution in [0, 0.1) is 0 Å². The summed E-state index contributed by atoms with van der Waals surface area (Å²) >= 11 is -3.06. The van der Waals surface area contributed by atoms with Crippen molar-refractivity contribution in [1.82, 2.24) is 4.90 Å². The fourth-order valence-corrected chi connectivity index (χ4v) is 27.5. The van der Waals surface area contributed by atoms with Gasteiger partial charge in [0.15, 0.2) is 0 Å². The maximum absolute atomic E-state index is 14.4. The average Bonchev–Trinajstić information content (AvgIpc) is 3.65. The summed E-state index contributed by atoms with van der Waals surface area (Å²) in [4.78, 5) is 16.8. The van der Waals surface area contributed by atoms with E-state index < -0.39 is 18.4 Å². The summed E-state index contributed by atoms with van der Waals surface area (Å²) < 4.78 is 3.95. The van der Waals surface area contributed by atoms with Crippen molar-refractivity contribution in [2.45, 2.75) is 82.2 Å². The van der Waals surface area contributed by atoms with Crippen molar-refractivity contribution in [2.75, 3.05) is 0 Å². The average molecular weight is 588 g/mol. The summed E-state index contributed by atoms with van der Waals surface area (Å²) in [5.74, 6) is 0.207. The van der Waals surface area contributed by atoms with E-state index in [0.29, 0.717) is 0 Å². The van der Waals surface area contributed by atoms with Crippen LogP contribution in [-0.4, -0.2) is 29.2 Å². The number of nitrogens with zero attached hydrogens (tertiary/aromatic N) is 1. The van der Waals surface area contributed by atoms with Gasteiger partial charge in [-0.05, 0) is 0 Å². The van der Waals surface area contributed by atoms with Gasteiger partial charge in [0.25, 0.3) is 0 Å². The van der Waals surface area contributed by atoms with Crippen molar-refractivity contribution in [3.8, 4) is 0 Å². The van der Waals surface area contributed by atoms with Gasteiger partial charge in [-0.25, -0.2) is 0 Å². The van der Waals surface area contributed by atoms with Gasteiger partial charge in [0.05, 0.1) is 0 Å². The first-order valence-corrected chi connectivity index (χ1v) is 21.6. The van der Waals surface area contributed by atoms with Crippen LogP contribution in [0.5, 0.6) is 0 Å². The number of rotatable bonds is 13. The van der Waals surface area contributed by atoms with Crippen LogP contribution < -0.4 is 0 Å². The minimum absolute atomic E-state index is 0.134. The summed E-state index contributed by atoms with van der Waals surface area (Å²) in [6.07, 6.45) is 7.53. The molecular formula is C33H43NOSn. The minimum atomic E-state index is -3.06. The van der Waals surface area contributed by atoms with Crippen LogP contribution in [0.3, 0.4) is 0 Å². The van der Waals surface area contributed by atoms with E-state index >= 15 is 0 Å². The molecule has 0 saturated carbocycles. The van der Waals surface area contributed by atoms with Crippen LogP contribution >= 0.6 is 0 Å². The molecule has 3 aromatic carbocycles. The Morgan fingerprint density at radius 3 is 1.61 bits per heavy atom. The number of unbranched alkanes of at least 4 members (excludes halogenated alkanes) is 3. The molecule has 0 N–H and O–H groups in total. The van der Waals surface area contributed by atoms with Gasteiger partial charge < -0.3 is 0 Å². The molecule has 0 aromatic heterocycles. The summed E-state index contributed by atoms with van der Waals surface area (Å²) in [7, 11) is 0. The Morgan fingerprint density at radius 1 is 0.694 bits per heavy atom. The Bertz CT molecular complexity index is 1060. The molecule has 1 aliphatic rings. The molecule has 0 spiro atoms. The third kappa shape index (κ3) is 5.03. The molecule has 36 heavy (non-hydrogen) atoms. The molecule has 0 radical (unpaired) electrons. The number of benzene rings is 3. The van der Waals surface area contributed by atoms with Crippen molar-refractivity contribution < 1.29 is 4.79 Å². The van der Waals surface area contributed by atoms with E-state index in [9.17, 15) is 4.79 Å². The SMILES string of the molecule is CCC[CH2][Sn]([CH2]CCC)([CH2]CCC)[C@@]1(c2ccccc2)[C@H](c2ccccc2)N1C(=O)c1ccccc1. The predicted molar refractivity (Wildman–Crippen MR) is 155 cm³/mol. The molecule has 0 bridgehead atoms. The number of hydrogen-bond donors (Lipinski definition) is 0. The van der Waals surface area contributed by atoms with Crippen LogP contribution in [0.15, 0.2) is 91.0 Å². The van der Waals surface area contributed by atoms with Gasteiger partial charge >= 0.3 is 224 Å². The zero-order chi connectivity index (χ0) is 25.4. The van der Waals surface area contributed by atoms with E-state index in [4.69, 9.17) is 0 Å². The molecule has 0 aliphatic carbocycles. The first kappa shape index (κ1) is 27.0. The monoisotopic (exact) mass is 589 g/mol. The normalized spacial score (nSPS) is 19.3. The van der Waals surface area contributed by atoms with Gasteiger partial charge in [-0.15, -0.1) is 0 Å². The Balaban J connectivity index is 1.98. The molecule has 1 fully saturated rings. The van der Waals surface area contributed by atoms with Gasteiger partial charge in [0.1, 0.15) is 0 Å². The number of amides is 1. The fourth-order valence-electron chi connectivity index (χ4n) is 6.65. The van der Waals surface area contributed by atoms with Gasteiger partial charge in [-0.3, -0.25) is 0 Å². The van der Waals surface area contributed by atoms with Gasteiger partial charge in [0, 0.05) is 0 Å². The quantitative estimate of drug-likeness (QED) is 0.144. The second-order valence-electron chi connectivity index (χ2n) is 10.6.